The lowest BCUT2D eigenvalue weighted by Gasteiger charge is -2.36. The van der Waals surface area contributed by atoms with E-state index in [0.29, 0.717) is 18.0 Å². The molecule has 0 saturated heterocycles. The van der Waals surface area contributed by atoms with Gasteiger partial charge in [-0.3, -0.25) is 14.5 Å². The normalized spacial score (nSPS) is 18.1. The summed E-state index contributed by atoms with van der Waals surface area (Å²) in [6, 6.07) is 13.0. The third kappa shape index (κ3) is 5.58. The highest BCUT2D eigenvalue weighted by Crippen LogP contribution is 2.48. The minimum Gasteiger partial charge on any atom is -0.497 e. The highest BCUT2D eigenvalue weighted by atomic mass is 32.2. The van der Waals surface area contributed by atoms with Gasteiger partial charge < -0.3 is 20.1 Å². The molecule has 9 nitrogen and oxygen atoms in total. The van der Waals surface area contributed by atoms with Crippen LogP contribution in [0.2, 0.25) is 0 Å². The zero-order valence-corrected chi connectivity index (χ0v) is 23.7. The van der Waals surface area contributed by atoms with E-state index in [1.165, 1.54) is 45.6 Å². The number of hydrogen-bond acceptors (Lipinski definition) is 7. The second-order valence-electron chi connectivity index (χ2n) is 10.5. The maximum atomic E-state index is 13.6. The molecular formula is C30H36N4O5S. The van der Waals surface area contributed by atoms with E-state index in [2.05, 4.69) is 20.3 Å². The fourth-order valence-electron chi connectivity index (χ4n) is 5.95. The molecule has 0 bridgehead atoms. The number of nitrogens with one attached hydrogen (secondary N) is 3. The summed E-state index contributed by atoms with van der Waals surface area (Å²) in [6.07, 6.45) is 11.4. The molecule has 2 heterocycles. The first kappa shape index (κ1) is 27.8. The van der Waals surface area contributed by atoms with Gasteiger partial charge in [-0.2, -0.15) is 0 Å². The Kier molecular flexibility index (Phi) is 8.16. The van der Waals surface area contributed by atoms with Gasteiger partial charge in [0.1, 0.15) is 17.5 Å². The first-order chi connectivity index (χ1) is 19.4. The standard InChI is InChI=1S/C30H36N4O5S/c1-38-22-10-13-27(39-2)26(18-22)34-40(36,37)23-11-8-21(9-12-23)19-32-29(35)28-30(15-6-4-3-5-7-16-30)24-20-31-17-14-25(24)33-28/h8-14,17-18,20,28,33-34H,3-7,15-16,19H2,1-2H3,(H,32,35). The van der Waals surface area contributed by atoms with Crippen molar-refractivity contribution in [3.8, 4) is 11.5 Å². The van der Waals surface area contributed by atoms with Crippen LogP contribution < -0.4 is 24.8 Å². The number of amides is 1. The smallest absolute Gasteiger partial charge is 0.262 e. The van der Waals surface area contributed by atoms with E-state index in [4.69, 9.17) is 9.47 Å². The second-order valence-corrected chi connectivity index (χ2v) is 12.1. The molecule has 2 aliphatic rings. The first-order valence-corrected chi connectivity index (χ1v) is 15.2. The Morgan fingerprint density at radius 2 is 1.73 bits per heavy atom. The van der Waals surface area contributed by atoms with Crippen molar-refractivity contribution in [1.29, 1.82) is 0 Å². The van der Waals surface area contributed by atoms with E-state index < -0.39 is 10.0 Å². The summed E-state index contributed by atoms with van der Waals surface area (Å²) < 4.78 is 39.2. The quantitative estimate of drug-likeness (QED) is 0.353. The highest BCUT2D eigenvalue weighted by molar-refractivity contribution is 7.92. The topological polar surface area (TPSA) is 119 Å². The Hall–Kier alpha value is -3.79. The summed E-state index contributed by atoms with van der Waals surface area (Å²) >= 11 is 0. The van der Waals surface area contributed by atoms with Crippen LogP contribution in [0.25, 0.3) is 0 Å². The molecule has 1 atom stereocenters. The SMILES string of the molecule is COc1ccc(OC)c(NS(=O)(=O)c2ccc(CNC(=O)C3Nc4ccncc4C34CCCCCCC4)cc2)c1. The lowest BCUT2D eigenvalue weighted by atomic mass is 9.68. The van der Waals surface area contributed by atoms with Crippen LogP contribution in [0.5, 0.6) is 11.5 Å². The predicted octanol–water partition coefficient (Wildman–Crippen LogP) is 4.99. The molecule has 1 saturated carbocycles. The van der Waals surface area contributed by atoms with Gasteiger partial charge >= 0.3 is 0 Å². The van der Waals surface area contributed by atoms with E-state index in [1.807, 2.05) is 12.3 Å². The number of rotatable bonds is 8. The van der Waals surface area contributed by atoms with Crippen LogP contribution in [0.1, 0.15) is 56.1 Å². The van der Waals surface area contributed by atoms with Crippen molar-refractivity contribution >= 4 is 27.3 Å². The summed E-state index contributed by atoms with van der Waals surface area (Å²) in [5.41, 5.74) is 2.95. The van der Waals surface area contributed by atoms with Gasteiger partial charge in [0.15, 0.2) is 0 Å². The largest absolute Gasteiger partial charge is 0.497 e. The number of methoxy groups -OCH3 is 2. The molecule has 1 aliphatic heterocycles. The van der Waals surface area contributed by atoms with Crippen LogP contribution in [-0.4, -0.2) is 39.6 Å². The number of pyridine rings is 1. The summed E-state index contributed by atoms with van der Waals surface area (Å²) in [5.74, 6) is 0.825. The number of nitrogens with zero attached hydrogens (tertiary/aromatic N) is 1. The molecule has 1 aliphatic carbocycles. The van der Waals surface area contributed by atoms with Gasteiger partial charge in [0.05, 0.1) is 24.8 Å². The third-order valence-corrected chi connectivity index (χ3v) is 9.45. The lowest BCUT2D eigenvalue weighted by molar-refractivity contribution is -0.123. The van der Waals surface area contributed by atoms with Crippen LogP contribution in [0, 0.1) is 0 Å². The van der Waals surface area contributed by atoms with Crippen LogP contribution in [0.3, 0.4) is 0 Å². The van der Waals surface area contributed by atoms with Gasteiger partial charge in [-0.05, 0) is 48.7 Å². The van der Waals surface area contributed by atoms with E-state index in [-0.39, 0.29) is 27.9 Å². The van der Waals surface area contributed by atoms with Gasteiger partial charge in [0.2, 0.25) is 5.91 Å². The molecule has 1 aromatic heterocycles. The number of hydrogen-bond donors (Lipinski definition) is 3. The average Bonchev–Trinajstić information content (AvgIpc) is 3.28. The number of carbonyl (C=O) groups is 1. The number of ether oxygens (including phenoxy) is 2. The first-order valence-electron chi connectivity index (χ1n) is 13.7. The molecule has 1 fully saturated rings. The lowest BCUT2D eigenvalue weighted by Crippen LogP contribution is -2.50. The summed E-state index contributed by atoms with van der Waals surface area (Å²) in [7, 11) is -0.898. The Labute approximate surface area is 235 Å². The number of fused-ring (bicyclic) bond motifs is 2. The molecule has 3 N–H and O–H groups in total. The van der Waals surface area contributed by atoms with Crippen LogP contribution in [0.15, 0.2) is 65.8 Å². The molecule has 212 valence electrons. The van der Waals surface area contributed by atoms with Crippen molar-refractivity contribution in [2.45, 2.75) is 67.8 Å². The van der Waals surface area contributed by atoms with E-state index in [1.54, 1.807) is 36.5 Å². The van der Waals surface area contributed by atoms with Crippen molar-refractivity contribution in [2.24, 2.45) is 0 Å². The van der Waals surface area contributed by atoms with Gasteiger partial charge in [-0.25, -0.2) is 8.42 Å². The predicted molar refractivity (Wildman–Crippen MR) is 154 cm³/mol. The Balaban J connectivity index is 1.27. The van der Waals surface area contributed by atoms with Crippen molar-refractivity contribution in [3.63, 3.8) is 0 Å². The third-order valence-electron chi connectivity index (χ3n) is 8.07. The minimum atomic E-state index is -3.88. The molecular weight excluding hydrogens is 528 g/mol. The van der Waals surface area contributed by atoms with E-state index in [0.717, 1.165) is 42.5 Å². The molecule has 40 heavy (non-hydrogen) atoms. The van der Waals surface area contributed by atoms with Gasteiger partial charge in [0, 0.05) is 41.7 Å². The molecule has 10 heteroatoms. The maximum absolute atomic E-state index is 13.6. The minimum absolute atomic E-state index is 0.0553. The number of carbonyl (C=O) groups excluding carboxylic acids is 1. The number of aromatic nitrogens is 1. The summed E-state index contributed by atoms with van der Waals surface area (Å²) in [5, 5.41) is 6.58. The van der Waals surface area contributed by atoms with Gasteiger partial charge in [-0.15, -0.1) is 0 Å². The maximum Gasteiger partial charge on any atom is 0.262 e. The molecule has 1 amide bonds. The molecule has 3 aromatic rings. The monoisotopic (exact) mass is 564 g/mol. The Morgan fingerprint density at radius 1 is 1.00 bits per heavy atom. The van der Waals surface area contributed by atoms with Crippen molar-refractivity contribution in [1.82, 2.24) is 10.3 Å². The van der Waals surface area contributed by atoms with Crippen molar-refractivity contribution < 1.29 is 22.7 Å². The average molecular weight is 565 g/mol. The number of sulfonamides is 1. The van der Waals surface area contributed by atoms with Crippen molar-refractivity contribution in [3.05, 3.63) is 72.1 Å². The molecule has 0 radical (unpaired) electrons. The molecule has 2 aromatic carbocycles. The second kappa shape index (κ2) is 11.8. The van der Waals surface area contributed by atoms with E-state index >= 15 is 0 Å². The summed E-state index contributed by atoms with van der Waals surface area (Å²) in [6.45, 7) is 0.291. The number of anilines is 2. The highest BCUT2D eigenvalue weighted by Gasteiger charge is 2.49. The van der Waals surface area contributed by atoms with Crippen LogP contribution >= 0.6 is 0 Å². The van der Waals surface area contributed by atoms with Crippen LogP contribution in [0.4, 0.5) is 11.4 Å². The van der Waals surface area contributed by atoms with E-state index in [9.17, 15) is 13.2 Å². The van der Waals surface area contributed by atoms with Crippen molar-refractivity contribution in [2.75, 3.05) is 24.3 Å². The van der Waals surface area contributed by atoms with Crippen LogP contribution in [-0.2, 0) is 26.8 Å². The fourth-order valence-corrected chi connectivity index (χ4v) is 7.01. The summed E-state index contributed by atoms with van der Waals surface area (Å²) in [4.78, 5) is 18.1. The van der Waals surface area contributed by atoms with Gasteiger partial charge in [0.25, 0.3) is 10.0 Å². The zero-order chi connectivity index (χ0) is 28.2. The molecule has 1 spiro atoms. The zero-order valence-electron chi connectivity index (χ0n) is 22.9. The molecule has 1 unspecified atom stereocenters. The van der Waals surface area contributed by atoms with Gasteiger partial charge in [-0.1, -0.05) is 44.2 Å². The Morgan fingerprint density at radius 3 is 2.42 bits per heavy atom. The number of benzene rings is 2. The molecule has 5 rings (SSSR count). The fraction of sp³-hybridized carbons (Fsp3) is 0.400. The Bertz CT molecular complexity index is 1450.